The second kappa shape index (κ2) is 11.9. The van der Waals surface area contributed by atoms with Crippen molar-refractivity contribution in [1.82, 2.24) is 25.4 Å². The summed E-state index contributed by atoms with van der Waals surface area (Å²) in [7, 11) is -3.54. The Hall–Kier alpha value is -3.84. The monoisotopic (exact) mass is 558 g/mol. The van der Waals surface area contributed by atoms with Gasteiger partial charge in [0.05, 0.1) is 41.8 Å². The van der Waals surface area contributed by atoms with E-state index < -0.39 is 33.6 Å². The smallest absolute Gasteiger partial charge is 0.322 e. The highest BCUT2D eigenvalue weighted by atomic mass is 32.2. The van der Waals surface area contributed by atoms with E-state index >= 15 is 0 Å². The van der Waals surface area contributed by atoms with E-state index in [1.807, 2.05) is 6.92 Å². The minimum absolute atomic E-state index is 0.0645. The molecule has 208 valence electrons. The average molecular weight is 559 g/mol. The molecule has 0 spiro atoms. The average Bonchev–Trinajstić information content (AvgIpc) is 3.35. The summed E-state index contributed by atoms with van der Waals surface area (Å²) in [5, 5.41) is 19.1. The summed E-state index contributed by atoms with van der Waals surface area (Å²) >= 11 is 0. The number of fused-ring (bicyclic) bond motifs is 1. The van der Waals surface area contributed by atoms with Gasteiger partial charge in [0.15, 0.2) is 14.9 Å². The van der Waals surface area contributed by atoms with Gasteiger partial charge in [-0.1, -0.05) is 13.3 Å². The molecule has 2 atom stereocenters. The number of sulfone groups is 1. The van der Waals surface area contributed by atoms with E-state index in [9.17, 15) is 22.4 Å². The molecule has 1 aliphatic heterocycles. The number of nitrogens with one attached hydrogen (secondary N) is 2. The maximum absolute atomic E-state index is 13.7. The van der Waals surface area contributed by atoms with Crippen LogP contribution in [0.2, 0.25) is 0 Å². The molecular formula is C26H31FN6O5S. The maximum Gasteiger partial charge on any atom is 0.322 e. The van der Waals surface area contributed by atoms with Crippen molar-refractivity contribution < 1.29 is 27.5 Å². The van der Waals surface area contributed by atoms with Gasteiger partial charge in [0.1, 0.15) is 5.82 Å². The van der Waals surface area contributed by atoms with Crippen molar-refractivity contribution in [2.45, 2.75) is 37.3 Å². The number of carbonyl (C=O) groups excluding carboxylic acids is 2. The Labute approximate surface area is 226 Å². The zero-order chi connectivity index (χ0) is 28.2. The first kappa shape index (κ1) is 28.2. The van der Waals surface area contributed by atoms with Crippen LogP contribution >= 0.6 is 0 Å². The van der Waals surface area contributed by atoms with Crippen LogP contribution in [0.3, 0.4) is 0 Å². The van der Waals surface area contributed by atoms with E-state index in [0.717, 1.165) is 6.26 Å². The van der Waals surface area contributed by atoms with Crippen molar-refractivity contribution in [3.8, 4) is 5.69 Å². The molecule has 2 aromatic heterocycles. The molecular weight excluding hydrogens is 527 g/mol. The molecule has 0 saturated carbocycles. The Morgan fingerprint density at radius 2 is 1.97 bits per heavy atom. The molecule has 0 fully saturated rings. The van der Waals surface area contributed by atoms with Crippen molar-refractivity contribution in [3.63, 3.8) is 0 Å². The molecule has 39 heavy (non-hydrogen) atoms. The standard InChI is InChI=1S/C26H31FN6O5S/c1-3-4-21(17-9-10-28-24(14-17)39(2,37)38)31-26(36)32-16-18(25(35)29-11-12-34)13-22-23(32)15-30-33(22)20-7-5-19(27)6-8-20/h5-10,14-15,18,21,34H,3-4,11-13,16H2,1-2H3,(H,29,35)(H,31,36)/t18?,21-/m0/s1. The fraction of sp³-hybridized carbons (Fsp3) is 0.385. The van der Waals surface area contributed by atoms with Gasteiger partial charge in [-0.2, -0.15) is 5.10 Å². The summed E-state index contributed by atoms with van der Waals surface area (Å²) in [5.41, 5.74) is 2.27. The molecule has 0 aliphatic carbocycles. The van der Waals surface area contributed by atoms with Crippen LogP contribution in [-0.2, 0) is 21.1 Å². The van der Waals surface area contributed by atoms with Crippen molar-refractivity contribution in [2.24, 2.45) is 5.92 Å². The number of nitrogens with zero attached hydrogens (tertiary/aromatic N) is 4. The Morgan fingerprint density at radius 3 is 2.64 bits per heavy atom. The number of hydrogen-bond donors (Lipinski definition) is 3. The molecule has 3 aromatic rings. The fourth-order valence-electron chi connectivity index (χ4n) is 4.58. The van der Waals surface area contributed by atoms with Crippen LogP contribution in [0.15, 0.2) is 53.8 Å². The van der Waals surface area contributed by atoms with Crippen molar-refractivity contribution in [2.75, 3.05) is 30.9 Å². The summed E-state index contributed by atoms with van der Waals surface area (Å²) in [4.78, 5) is 32.0. The van der Waals surface area contributed by atoms with Crippen molar-refractivity contribution in [3.05, 3.63) is 65.9 Å². The SMILES string of the molecule is CCC[C@H](NC(=O)N1CC(C(=O)NCCO)Cc2c1cnn2-c1ccc(F)cc1)c1ccnc(S(C)(=O)=O)c1. The number of carbonyl (C=O) groups is 2. The van der Waals surface area contributed by atoms with Crippen LogP contribution in [0.1, 0.15) is 37.1 Å². The molecule has 11 nitrogen and oxygen atoms in total. The molecule has 3 N–H and O–H groups in total. The van der Waals surface area contributed by atoms with Crippen molar-refractivity contribution in [1.29, 1.82) is 0 Å². The Morgan fingerprint density at radius 1 is 1.23 bits per heavy atom. The number of urea groups is 1. The lowest BCUT2D eigenvalue weighted by molar-refractivity contribution is -0.124. The number of amides is 3. The number of aliphatic hydroxyl groups excluding tert-OH is 1. The number of aliphatic hydroxyl groups is 1. The van der Waals surface area contributed by atoms with E-state index in [-0.39, 0.29) is 37.1 Å². The topological polar surface area (TPSA) is 147 Å². The Kier molecular flexibility index (Phi) is 8.60. The first-order valence-corrected chi connectivity index (χ1v) is 14.5. The first-order valence-electron chi connectivity index (χ1n) is 12.6. The minimum atomic E-state index is -3.54. The third-order valence-electron chi connectivity index (χ3n) is 6.49. The van der Waals surface area contributed by atoms with E-state index in [1.165, 1.54) is 35.5 Å². The lowest BCUT2D eigenvalue weighted by Gasteiger charge is -2.33. The third-order valence-corrected chi connectivity index (χ3v) is 7.48. The van der Waals surface area contributed by atoms with Crippen LogP contribution in [0.25, 0.3) is 5.69 Å². The predicted molar refractivity (Wildman–Crippen MR) is 142 cm³/mol. The Balaban J connectivity index is 1.67. The van der Waals surface area contributed by atoms with Gasteiger partial charge >= 0.3 is 6.03 Å². The summed E-state index contributed by atoms with van der Waals surface area (Å²) in [5.74, 6) is -1.36. The molecule has 4 rings (SSSR count). The molecule has 0 radical (unpaired) electrons. The molecule has 3 heterocycles. The number of hydrogen-bond acceptors (Lipinski definition) is 7. The van der Waals surface area contributed by atoms with Crippen LogP contribution in [0.5, 0.6) is 0 Å². The van der Waals surface area contributed by atoms with E-state index in [1.54, 1.807) is 22.9 Å². The van der Waals surface area contributed by atoms with Crippen LogP contribution in [-0.4, -0.2) is 66.2 Å². The predicted octanol–water partition coefficient (Wildman–Crippen LogP) is 2.15. The number of anilines is 1. The van der Waals surface area contributed by atoms with Gasteiger partial charge in [-0.15, -0.1) is 0 Å². The lowest BCUT2D eigenvalue weighted by Crippen LogP contribution is -2.50. The molecule has 1 unspecified atom stereocenters. The highest BCUT2D eigenvalue weighted by molar-refractivity contribution is 7.90. The summed E-state index contributed by atoms with van der Waals surface area (Å²) < 4.78 is 39.2. The maximum atomic E-state index is 13.7. The van der Waals surface area contributed by atoms with Gasteiger partial charge in [0.25, 0.3) is 0 Å². The molecule has 1 aromatic carbocycles. The van der Waals surface area contributed by atoms with E-state index in [2.05, 4.69) is 20.7 Å². The normalized spacial score (nSPS) is 15.9. The highest BCUT2D eigenvalue weighted by Gasteiger charge is 2.36. The van der Waals surface area contributed by atoms with Gasteiger partial charge in [-0.05, 0) is 48.4 Å². The second-order valence-electron chi connectivity index (χ2n) is 9.38. The van der Waals surface area contributed by atoms with E-state index in [0.29, 0.717) is 35.5 Å². The summed E-state index contributed by atoms with van der Waals surface area (Å²) in [6, 6.07) is 7.85. The summed E-state index contributed by atoms with van der Waals surface area (Å²) in [6.45, 7) is 1.87. The van der Waals surface area contributed by atoms with Crippen LogP contribution in [0, 0.1) is 11.7 Å². The Bertz CT molecular complexity index is 1440. The summed E-state index contributed by atoms with van der Waals surface area (Å²) in [6.07, 6.45) is 5.52. The fourth-order valence-corrected chi connectivity index (χ4v) is 5.18. The van der Waals surface area contributed by atoms with Gasteiger partial charge in [0, 0.05) is 32.0 Å². The van der Waals surface area contributed by atoms with Crippen molar-refractivity contribution >= 4 is 27.5 Å². The van der Waals surface area contributed by atoms with Gasteiger partial charge in [-0.3, -0.25) is 9.69 Å². The van der Waals surface area contributed by atoms with Gasteiger partial charge in [-0.25, -0.2) is 27.3 Å². The number of pyridine rings is 1. The quantitative estimate of drug-likeness (QED) is 0.365. The molecule has 0 saturated heterocycles. The van der Waals surface area contributed by atoms with Gasteiger partial charge < -0.3 is 15.7 Å². The van der Waals surface area contributed by atoms with Crippen LogP contribution < -0.4 is 15.5 Å². The number of halogens is 1. The number of benzene rings is 1. The first-order chi connectivity index (χ1) is 18.6. The zero-order valence-corrected chi connectivity index (χ0v) is 22.5. The molecule has 13 heteroatoms. The largest absolute Gasteiger partial charge is 0.395 e. The second-order valence-corrected chi connectivity index (χ2v) is 11.3. The third kappa shape index (κ3) is 6.42. The lowest BCUT2D eigenvalue weighted by atomic mass is 9.96. The minimum Gasteiger partial charge on any atom is -0.395 e. The van der Waals surface area contributed by atoms with Crippen LogP contribution in [0.4, 0.5) is 14.9 Å². The molecule has 3 amide bonds. The zero-order valence-electron chi connectivity index (χ0n) is 21.7. The van der Waals surface area contributed by atoms with Gasteiger partial charge in [0.2, 0.25) is 5.91 Å². The number of rotatable bonds is 9. The molecule has 1 aliphatic rings. The molecule has 0 bridgehead atoms. The highest BCUT2D eigenvalue weighted by Crippen LogP contribution is 2.32. The van der Waals surface area contributed by atoms with E-state index in [4.69, 9.17) is 5.11 Å². The number of aromatic nitrogens is 3.